The molecule has 10 nitrogen and oxygen atoms in total. The first-order chi connectivity index (χ1) is 70.4. The van der Waals surface area contributed by atoms with Gasteiger partial charge in [-0.25, -0.2) is 34.9 Å². The number of nitrogens with zero attached hydrogens (tertiary/aromatic N) is 10. The van der Waals surface area contributed by atoms with Crippen molar-refractivity contribution in [1.82, 2.24) is 48.6 Å². The Labute approximate surface area is 818 Å². The van der Waals surface area contributed by atoms with Gasteiger partial charge in [0.1, 0.15) is 0 Å². The normalized spacial score (nSPS) is 11.9. The highest BCUT2D eigenvalue weighted by atomic mass is 32.1. The molecule has 7 aromatic heterocycles. The van der Waals surface area contributed by atoms with Crippen LogP contribution in [0.4, 0.5) is 0 Å². The lowest BCUT2D eigenvalue weighted by molar-refractivity contribution is 1.02. The van der Waals surface area contributed by atoms with Crippen LogP contribution in [0.1, 0.15) is 0 Å². The van der Waals surface area contributed by atoms with Crippen LogP contribution in [-0.2, 0) is 0 Å². The van der Waals surface area contributed by atoms with Crippen LogP contribution in [0.15, 0.2) is 473 Å². The number of fused-ring (bicyclic) bond motifs is 25. The second kappa shape index (κ2) is 32.4. The molecule has 0 atom stereocenters. The van der Waals surface area contributed by atoms with Crippen LogP contribution in [0.2, 0.25) is 0 Å². The van der Waals surface area contributed by atoms with Crippen molar-refractivity contribution in [1.29, 1.82) is 0 Å². The first-order valence-corrected chi connectivity index (χ1v) is 48.9. The topological polar surface area (TPSA) is 105 Å². The van der Waals surface area contributed by atoms with Crippen molar-refractivity contribution in [2.24, 2.45) is 0 Å². The maximum Gasteiger partial charge on any atom is 0.235 e. The van der Waals surface area contributed by atoms with Gasteiger partial charge in [0.25, 0.3) is 0 Å². The Kier molecular flexibility index (Phi) is 18.4. The first kappa shape index (κ1) is 80.5. The summed E-state index contributed by atoms with van der Waals surface area (Å²) in [5.74, 6) is 3.10. The zero-order chi connectivity index (χ0) is 93.1. The van der Waals surface area contributed by atoms with Crippen molar-refractivity contribution in [3.05, 3.63) is 473 Å². The van der Waals surface area contributed by atoms with Crippen molar-refractivity contribution < 1.29 is 0 Å². The van der Waals surface area contributed by atoms with E-state index in [1.807, 2.05) is 72.0 Å². The molecule has 0 unspecified atom stereocenters. The summed E-state index contributed by atoms with van der Waals surface area (Å²) in [5, 5.41) is 22.1. The van der Waals surface area contributed by atoms with E-state index in [1.165, 1.54) is 68.6 Å². The van der Waals surface area contributed by atoms with Gasteiger partial charge in [0.2, 0.25) is 5.95 Å². The van der Waals surface area contributed by atoms with Crippen molar-refractivity contribution in [2.45, 2.75) is 0 Å². The molecule has 658 valence electrons. The Balaban J connectivity index is 0.573. The monoisotopic (exact) mass is 1820 g/mol. The Hall–Kier alpha value is -18.8. The Morgan fingerprint density at radius 1 is 0.176 bits per heavy atom. The minimum atomic E-state index is 0.606. The molecule has 0 N–H and O–H groups in total. The molecule has 0 saturated heterocycles. The Morgan fingerprint density at radius 3 is 1.11 bits per heavy atom. The summed E-state index contributed by atoms with van der Waals surface area (Å²) in [7, 11) is 0. The second-order valence-corrected chi connectivity index (χ2v) is 37.9. The van der Waals surface area contributed by atoms with Gasteiger partial charge in [-0.05, 0) is 196 Å². The van der Waals surface area contributed by atoms with E-state index in [0.29, 0.717) is 29.2 Å². The quantitative estimate of drug-likeness (QED) is 0.0999. The van der Waals surface area contributed by atoms with E-state index in [-0.39, 0.29) is 0 Å². The molecule has 142 heavy (non-hydrogen) atoms. The van der Waals surface area contributed by atoms with Crippen LogP contribution in [0.25, 0.3) is 292 Å². The van der Waals surface area contributed by atoms with Gasteiger partial charge in [-0.1, -0.05) is 370 Å². The molecule has 22 aromatic carbocycles. The summed E-state index contributed by atoms with van der Waals surface area (Å²) in [6.07, 6.45) is 0. The van der Waals surface area contributed by atoms with Gasteiger partial charge in [0.05, 0.1) is 60.4 Å². The van der Waals surface area contributed by atoms with E-state index in [0.717, 1.165) is 194 Å². The van der Waals surface area contributed by atoms with Crippen LogP contribution in [0.3, 0.4) is 0 Å². The summed E-state index contributed by atoms with van der Waals surface area (Å²) in [5.41, 5.74) is 27.2. The SMILES string of the molecule is c1ccc(-c2cc(-c3ccccc3)nc(-c3cc(-n4c5ccccc5c5cc(-c6ccc7c8cc(-c9cccc(-c%10cccc(-c%11nc(-c%12ccccc%12)nc(-c%12ccccc%12)n%11)c%10)c9)ccc8c8ccccc8c7c6)ccc54)cc(-n4c5ccccc5c5cc(-c6cc7c(-c8ccccc8)nc(-n8c9ccccc9c9c%10ccccc%10c%10c%11ccccc%11sc%10c98)nc7c7ccccc67)ccc54)c3)n2)cc1. The smallest absolute Gasteiger partial charge is 0.235 e. The molecule has 0 aliphatic heterocycles. The number of benzene rings is 22. The van der Waals surface area contributed by atoms with Crippen molar-refractivity contribution in [3.8, 4) is 141 Å². The van der Waals surface area contributed by atoms with Gasteiger partial charge >= 0.3 is 0 Å². The summed E-state index contributed by atoms with van der Waals surface area (Å²) < 4.78 is 9.72. The van der Waals surface area contributed by atoms with Crippen LogP contribution in [-0.4, -0.2) is 48.6 Å². The largest absolute Gasteiger partial charge is 0.309 e. The van der Waals surface area contributed by atoms with Gasteiger partial charge < -0.3 is 9.13 Å². The summed E-state index contributed by atoms with van der Waals surface area (Å²) in [6, 6.07) is 171. The lowest BCUT2D eigenvalue weighted by Crippen LogP contribution is -2.04. The molecule has 11 heteroatoms. The van der Waals surface area contributed by atoms with E-state index in [1.54, 1.807) is 0 Å². The van der Waals surface area contributed by atoms with Crippen LogP contribution < -0.4 is 0 Å². The highest BCUT2D eigenvalue weighted by molar-refractivity contribution is 7.27. The molecule has 7 heterocycles. The molecule has 0 fully saturated rings. The third kappa shape index (κ3) is 13.1. The third-order valence-electron chi connectivity index (χ3n) is 28.8. The van der Waals surface area contributed by atoms with E-state index >= 15 is 0 Å². The molecule has 29 aromatic rings. The molecule has 0 spiro atoms. The number of thiophene rings is 1. The summed E-state index contributed by atoms with van der Waals surface area (Å²) in [6.45, 7) is 0. The summed E-state index contributed by atoms with van der Waals surface area (Å²) >= 11 is 1.85. The number of aromatic nitrogens is 10. The molecule has 0 aliphatic rings. The van der Waals surface area contributed by atoms with E-state index < -0.39 is 0 Å². The third-order valence-corrected chi connectivity index (χ3v) is 30.0. The van der Waals surface area contributed by atoms with Crippen molar-refractivity contribution >= 4 is 162 Å². The van der Waals surface area contributed by atoms with E-state index in [2.05, 4.69) is 426 Å². The molecule has 0 saturated carbocycles. The first-order valence-electron chi connectivity index (χ1n) is 48.1. The zero-order valence-electron chi connectivity index (χ0n) is 76.4. The molecule has 0 bridgehead atoms. The van der Waals surface area contributed by atoms with Crippen LogP contribution >= 0.6 is 11.3 Å². The van der Waals surface area contributed by atoms with Crippen LogP contribution in [0, 0.1) is 0 Å². The Bertz CT molecular complexity index is 10200. The summed E-state index contributed by atoms with van der Waals surface area (Å²) in [4.78, 5) is 38.1. The number of hydrogen-bond donors (Lipinski definition) is 0. The lowest BCUT2D eigenvalue weighted by Gasteiger charge is -2.17. The molecule has 0 aliphatic carbocycles. The molecular weight excluding hydrogens is 1750 g/mol. The fourth-order valence-corrected chi connectivity index (χ4v) is 23.6. The van der Waals surface area contributed by atoms with E-state index in [9.17, 15) is 0 Å². The van der Waals surface area contributed by atoms with Crippen molar-refractivity contribution in [3.63, 3.8) is 0 Å². The predicted molar refractivity (Wildman–Crippen MR) is 592 cm³/mol. The lowest BCUT2D eigenvalue weighted by atomic mass is 9.90. The van der Waals surface area contributed by atoms with Crippen molar-refractivity contribution in [2.75, 3.05) is 0 Å². The fourth-order valence-electron chi connectivity index (χ4n) is 22.3. The zero-order valence-corrected chi connectivity index (χ0v) is 77.2. The van der Waals surface area contributed by atoms with Gasteiger partial charge in [0, 0.05) is 109 Å². The second-order valence-electron chi connectivity index (χ2n) is 36.9. The van der Waals surface area contributed by atoms with E-state index in [4.69, 9.17) is 34.9 Å². The average Bonchev–Trinajstić information content (AvgIpc) is 1.53. The average molecular weight is 1820 g/mol. The highest BCUT2D eigenvalue weighted by Crippen LogP contribution is 2.51. The maximum atomic E-state index is 5.88. The van der Waals surface area contributed by atoms with Gasteiger partial charge in [0.15, 0.2) is 23.3 Å². The predicted octanol–water partition coefficient (Wildman–Crippen LogP) is 34.4. The fraction of sp³-hybridized carbons (Fsp3) is 0. The maximum absolute atomic E-state index is 5.88. The Morgan fingerprint density at radius 2 is 0.549 bits per heavy atom. The number of para-hydroxylation sites is 3. The number of hydrogen-bond acceptors (Lipinski definition) is 8. The highest BCUT2D eigenvalue weighted by Gasteiger charge is 2.29. The van der Waals surface area contributed by atoms with Gasteiger partial charge in [-0.3, -0.25) is 4.57 Å². The minimum Gasteiger partial charge on any atom is -0.309 e. The minimum absolute atomic E-state index is 0.606. The standard InChI is InChI=1S/C131H78N10S/c1-6-32-79(33-7-1)113-78-114(80-34-8-2-9-35-80)133-130(132-113)92-70-93(139-115-56-26-22-49-100(115)110-74-89(62-66-118(110)139)88-61-65-99-108(73-88)96-47-17-16-46-95(96)98-64-60-87(72-109(98)99)85-43-30-42-84(68-85)86-44-31-45-91(69-86)129-137-127(82-38-12-4-13-39-82)136-128(138-129)83-40-14-5-15-41-83)76-94(71-92)140-116-57-27-23-50-101(116)111-75-90(63-67-119(111)140)107-77-112-123(81-36-10-3-11-37-81)134-131(135-124(112)104-53-21-18-48-97(104)107)141-117-58-28-24-54-105(117)121-102-51-19-20-52-103(102)122-106-55-25-29-59-120(106)142-126(122)125(121)141/h1-78H. The molecule has 29 rings (SSSR count). The molecular formula is C131H78N10S. The molecule has 0 radical (unpaired) electrons. The molecule has 0 amide bonds. The van der Waals surface area contributed by atoms with Crippen LogP contribution in [0.5, 0.6) is 0 Å². The van der Waals surface area contributed by atoms with Gasteiger partial charge in [-0.2, -0.15) is 0 Å². The number of rotatable bonds is 14. The van der Waals surface area contributed by atoms with Gasteiger partial charge in [-0.15, -0.1) is 11.3 Å².